The number of pyridine rings is 1. The van der Waals surface area contributed by atoms with Crippen molar-refractivity contribution in [2.24, 2.45) is 5.92 Å². The van der Waals surface area contributed by atoms with Crippen LogP contribution in [0.25, 0.3) is 0 Å². The molecule has 1 rings (SSSR count). The SMILES string of the molecule is CCC(C)CNCc1cccnc1C#N. The Bertz CT molecular complexity index is 341. The Morgan fingerprint density at radius 1 is 1.60 bits per heavy atom. The first-order chi connectivity index (χ1) is 7.27. The maximum atomic E-state index is 8.83. The molecule has 1 atom stereocenters. The Morgan fingerprint density at radius 3 is 3.07 bits per heavy atom. The maximum Gasteiger partial charge on any atom is 0.144 e. The molecule has 3 heteroatoms. The Balaban J connectivity index is 2.47. The van der Waals surface area contributed by atoms with Crippen molar-refractivity contribution < 1.29 is 0 Å². The molecular formula is C12H17N3. The number of hydrogen-bond donors (Lipinski definition) is 1. The summed E-state index contributed by atoms with van der Waals surface area (Å²) >= 11 is 0. The van der Waals surface area contributed by atoms with Crippen molar-refractivity contribution in [3.05, 3.63) is 29.6 Å². The quantitative estimate of drug-likeness (QED) is 0.797. The first-order valence-corrected chi connectivity index (χ1v) is 5.32. The fourth-order valence-corrected chi connectivity index (χ4v) is 1.28. The summed E-state index contributed by atoms with van der Waals surface area (Å²) < 4.78 is 0. The van der Waals surface area contributed by atoms with Gasteiger partial charge in [0, 0.05) is 18.3 Å². The third-order valence-electron chi connectivity index (χ3n) is 2.50. The van der Waals surface area contributed by atoms with Gasteiger partial charge in [0.25, 0.3) is 0 Å². The zero-order valence-electron chi connectivity index (χ0n) is 9.33. The summed E-state index contributed by atoms with van der Waals surface area (Å²) in [6, 6.07) is 5.90. The molecule has 80 valence electrons. The van der Waals surface area contributed by atoms with Crippen molar-refractivity contribution >= 4 is 0 Å². The van der Waals surface area contributed by atoms with Crippen LogP contribution in [-0.4, -0.2) is 11.5 Å². The molecule has 15 heavy (non-hydrogen) atoms. The molecule has 1 heterocycles. The zero-order valence-corrected chi connectivity index (χ0v) is 9.33. The fraction of sp³-hybridized carbons (Fsp3) is 0.500. The van der Waals surface area contributed by atoms with Gasteiger partial charge in [-0.15, -0.1) is 0 Å². The second kappa shape index (κ2) is 6.15. The minimum Gasteiger partial charge on any atom is -0.312 e. The smallest absolute Gasteiger partial charge is 0.144 e. The largest absolute Gasteiger partial charge is 0.312 e. The highest BCUT2D eigenvalue weighted by atomic mass is 14.9. The molecule has 0 amide bonds. The first kappa shape index (κ1) is 11.7. The summed E-state index contributed by atoms with van der Waals surface area (Å²) in [5, 5.41) is 12.2. The van der Waals surface area contributed by atoms with Crippen LogP contribution in [0.2, 0.25) is 0 Å². The van der Waals surface area contributed by atoms with E-state index < -0.39 is 0 Å². The van der Waals surface area contributed by atoms with Gasteiger partial charge < -0.3 is 5.32 Å². The number of nitrogens with zero attached hydrogens (tertiary/aromatic N) is 2. The predicted octanol–water partition coefficient (Wildman–Crippen LogP) is 2.09. The molecule has 0 aliphatic carbocycles. The van der Waals surface area contributed by atoms with Crippen LogP contribution in [0.15, 0.2) is 18.3 Å². The molecule has 0 radical (unpaired) electrons. The van der Waals surface area contributed by atoms with E-state index in [1.807, 2.05) is 12.1 Å². The number of nitrogens with one attached hydrogen (secondary N) is 1. The Hall–Kier alpha value is -1.40. The van der Waals surface area contributed by atoms with Crippen LogP contribution in [-0.2, 0) is 6.54 Å². The van der Waals surface area contributed by atoms with Crippen LogP contribution < -0.4 is 5.32 Å². The van der Waals surface area contributed by atoms with Gasteiger partial charge in [0.15, 0.2) is 0 Å². The summed E-state index contributed by atoms with van der Waals surface area (Å²) in [5.74, 6) is 0.673. The number of rotatable bonds is 5. The number of nitriles is 1. The number of aromatic nitrogens is 1. The van der Waals surface area contributed by atoms with Gasteiger partial charge in [0.2, 0.25) is 0 Å². The maximum absolute atomic E-state index is 8.83. The monoisotopic (exact) mass is 203 g/mol. The van der Waals surface area contributed by atoms with E-state index in [-0.39, 0.29) is 0 Å². The highest BCUT2D eigenvalue weighted by Gasteiger charge is 2.02. The average Bonchev–Trinajstić information content (AvgIpc) is 2.29. The van der Waals surface area contributed by atoms with E-state index in [2.05, 4.69) is 30.2 Å². The normalized spacial score (nSPS) is 12.1. The van der Waals surface area contributed by atoms with Crippen molar-refractivity contribution in [3.8, 4) is 6.07 Å². The van der Waals surface area contributed by atoms with Crippen molar-refractivity contribution in [2.45, 2.75) is 26.8 Å². The lowest BCUT2D eigenvalue weighted by atomic mass is 10.1. The fourth-order valence-electron chi connectivity index (χ4n) is 1.28. The van der Waals surface area contributed by atoms with E-state index in [4.69, 9.17) is 5.26 Å². The molecular weight excluding hydrogens is 186 g/mol. The van der Waals surface area contributed by atoms with Gasteiger partial charge in [-0.2, -0.15) is 5.26 Å². The first-order valence-electron chi connectivity index (χ1n) is 5.32. The van der Waals surface area contributed by atoms with Gasteiger partial charge in [-0.1, -0.05) is 26.3 Å². The zero-order chi connectivity index (χ0) is 11.1. The summed E-state index contributed by atoms with van der Waals surface area (Å²) in [4.78, 5) is 4.01. The second-order valence-corrected chi connectivity index (χ2v) is 3.77. The standard InChI is InChI=1S/C12H17N3/c1-3-10(2)8-14-9-11-5-4-6-15-12(11)7-13/h4-6,10,14H,3,8-9H2,1-2H3. The highest BCUT2D eigenvalue weighted by Crippen LogP contribution is 2.04. The Morgan fingerprint density at radius 2 is 2.40 bits per heavy atom. The summed E-state index contributed by atoms with van der Waals surface area (Å²) in [5.41, 5.74) is 1.50. The van der Waals surface area contributed by atoms with Crippen molar-refractivity contribution in [3.63, 3.8) is 0 Å². The molecule has 0 bridgehead atoms. The van der Waals surface area contributed by atoms with Gasteiger partial charge in [-0.05, 0) is 18.5 Å². The van der Waals surface area contributed by atoms with E-state index >= 15 is 0 Å². The molecule has 0 aliphatic heterocycles. The lowest BCUT2D eigenvalue weighted by Gasteiger charge is -2.10. The van der Waals surface area contributed by atoms with E-state index in [0.29, 0.717) is 11.6 Å². The molecule has 1 aromatic heterocycles. The molecule has 1 N–H and O–H groups in total. The van der Waals surface area contributed by atoms with Gasteiger partial charge in [0.05, 0.1) is 0 Å². The summed E-state index contributed by atoms with van der Waals surface area (Å²) in [6.07, 6.45) is 2.82. The van der Waals surface area contributed by atoms with E-state index in [9.17, 15) is 0 Å². The molecule has 1 aromatic rings. The third kappa shape index (κ3) is 3.69. The molecule has 0 aliphatic rings. The van der Waals surface area contributed by atoms with E-state index in [1.165, 1.54) is 6.42 Å². The Labute approximate surface area is 91.1 Å². The molecule has 0 aromatic carbocycles. The van der Waals surface area contributed by atoms with E-state index in [1.54, 1.807) is 6.20 Å². The molecule has 3 nitrogen and oxygen atoms in total. The van der Waals surface area contributed by atoms with Crippen LogP contribution in [0.1, 0.15) is 31.5 Å². The van der Waals surface area contributed by atoms with E-state index in [0.717, 1.165) is 18.7 Å². The van der Waals surface area contributed by atoms with Crippen LogP contribution in [0.3, 0.4) is 0 Å². The van der Waals surface area contributed by atoms with Crippen LogP contribution in [0.5, 0.6) is 0 Å². The van der Waals surface area contributed by atoms with Gasteiger partial charge >= 0.3 is 0 Å². The minimum absolute atomic E-state index is 0.522. The highest BCUT2D eigenvalue weighted by molar-refractivity contribution is 5.30. The molecule has 0 saturated heterocycles. The van der Waals surface area contributed by atoms with Crippen molar-refractivity contribution in [1.29, 1.82) is 5.26 Å². The van der Waals surface area contributed by atoms with Crippen LogP contribution >= 0.6 is 0 Å². The topological polar surface area (TPSA) is 48.7 Å². The molecule has 0 spiro atoms. The third-order valence-corrected chi connectivity index (χ3v) is 2.50. The van der Waals surface area contributed by atoms with Gasteiger partial charge in [0.1, 0.15) is 11.8 Å². The summed E-state index contributed by atoms with van der Waals surface area (Å²) in [6.45, 7) is 6.09. The van der Waals surface area contributed by atoms with Gasteiger partial charge in [-0.25, -0.2) is 4.98 Å². The Kier molecular flexibility index (Phi) is 4.79. The predicted molar refractivity (Wildman–Crippen MR) is 60.1 cm³/mol. The van der Waals surface area contributed by atoms with Crippen molar-refractivity contribution in [2.75, 3.05) is 6.54 Å². The number of hydrogen-bond acceptors (Lipinski definition) is 3. The van der Waals surface area contributed by atoms with Crippen molar-refractivity contribution in [1.82, 2.24) is 10.3 Å². The minimum atomic E-state index is 0.522. The lowest BCUT2D eigenvalue weighted by molar-refractivity contribution is 0.499. The lowest BCUT2D eigenvalue weighted by Crippen LogP contribution is -2.20. The molecule has 0 saturated carbocycles. The molecule has 0 fully saturated rings. The van der Waals surface area contributed by atoms with Crippen LogP contribution in [0.4, 0.5) is 0 Å². The molecule has 1 unspecified atom stereocenters. The van der Waals surface area contributed by atoms with Crippen LogP contribution in [0, 0.1) is 17.2 Å². The summed E-state index contributed by atoms with van der Waals surface area (Å²) in [7, 11) is 0. The van der Waals surface area contributed by atoms with Gasteiger partial charge in [-0.3, -0.25) is 0 Å². The average molecular weight is 203 g/mol. The second-order valence-electron chi connectivity index (χ2n) is 3.77.